The number of alkyl carbamates (subject to hydrolysis) is 1. The third-order valence-electron chi connectivity index (χ3n) is 1.13. The molecule has 0 saturated carbocycles. The molecule has 1 atom stereocenters. The van der Waals surface area contributed by atoms with Gasteiger partial charge in [0, 0.05) is 6.54 Å². The number of methoxy groups -OCH3 is 1. The highest BCUT2D eigenvalue weighted by atomic mass is 16.6. The highest BCUT2D eigenvalue weighted by Gasteiger charge is 1.97. The Morgan fingerprint density at radius 3 is 2.83 bits per heavy atom. The van der Waals surface area contributed by atoms with Crippen molar-refractivity contribution in [2.24, 2.45) is 0 Å². The van der Waals surface area contributed by atoms with Crippen molar-refractivity contribution in [1.29, 1.82) is 0 Å². The summed E-state index contributed by atoms with van der Waals surface area (Å²) in [5.41, 5.74) is 0. The minimum atomic E-state index is -0.747. The van der Waals surface area contributed by atoms with Crippen molar-refractivity contribution in [2.75, 3.05) is 20.3 Å². The van der Waals surface area contributed by atoms with E-state index >= 15 is 0 Å². The van der Waals surface area contributed by atoms with E-state index in [1.807, 2.05) is 0 Å². The molecule has 0 bridgehead atoms. The van der Waals surface area contributed by atoms with Crippen LogP contribution in [0.5, 0.6) is 0 Å². The van der Waals surface area contributed by atoms with Gasteiger partial charge < -0.3 is 19.9 Å². The lowest BCUT2D eigenvalue weighted by Gasteiger charge is -2.06. The molecule has 2 N–H and O–H groups in total. The van der Waals surface area contributed by atoms with Crippen molar-refractivity contribution in [3.05, 3.63) is 0 Å². The first kappa shape index (κ1) is 11.2. The highest BCUT2D eigenvalue weighted by Crippen LogP contribution is 1.86. The smallest absolute Gasteiger partial charge is 0.406 e. The molecule has 12 heavy (non-hydrogen) atoms. The molecule has 0 aromatic rings. The second kappa shape index (κ2) is 6.87. The fourth-order valence-electron chi connectivity index (χ4n) is 0.589. The van der Waals surface area contributed by atoms with Crippen molar-refractivity contribution in [1.82, 2.24) is 5.32 Å². The second-order valence-electron chi connectivity index (χ2n) is 2.24. The SMILES string of the molecule is COC(=O)NCCCO[C@H](C)O. The van der Waals surface area contributed by atoms with Gasteiger partial charge >= 0.3 is 6.09 Å². The van der Waals surface area contributed by atoms with E-state index in [-0.39, 0.29) is 0 Å². The number of hydrogen-bond acceptors (Lipinski definition) is 4. The molecule has 0 aliphatic carbocycles. The second-order valence-corrected chi connectivity index (χ2v) is 2.24. The third-order valence-corrected chi connectivity index (χ3v) is 1.13. The van der Waals surface area contributed by atoms with E-state index in [4.69, 9.17) is 9.84 Å². The molecular formula is C7H15NO4. The van der Waals surface area contributed by atoms with Crippen LogP contribution in [0, 0.1) is 0 Å². The molecule has 0 radical (unpaired) electrons. The van der Waals surface area contributed by atoms with Crippen molar-refractivity contribution in [3.63, 3.8) is 0 Å². The molecule has 0 saturated heterocycles. The lowest BCUT2D eigenvalue weighted by molar-refractivity contribution is -0.0852. The zero-order valence-electron chi connectivity index (χ0n) is 7.37. The summed E-state index contributed by atoms with van der Waals surface area (Å²) in [6, 6.07) is 0. The van der Waals surface area contributed by atoms with E-state index in [0.717, 1.165) is 0 Å². The van der Waals surface area contributed by atoms with Crippen molar-refractivity contribution >= 4 is 6.09 Å². The van der Waals surface area contributed by atoms with Gasteiger partial charge in [0.15, 0.2) is 6.29 Å². The third kappa shape index (κ3) is 7.30. The van der Waals surface area contributed by atoms with Gasteiger partial charge in [-0.1, -0.05) is 0 Å². The van der Waals surface area contributed by atoms with E-state index in [0.29, 0.717) is 19.6 Å². The molecule has 0 aromatic carbocycles. The first-order valence-corrected chi connectivity index (χ1v) is 3.78. The zero-order valence-corrected chi connectivity index (χ0v) is 7.37. The summed E-state index contributed by atoms with van der Waals surface area (Å²) < 4.78 is 9.16. The average molecular weight is 177 g/mol. The van der Waals surface area contributed by atoms with Gasteiger partial charge in [-0.2, -0.15) is 0 Å². The summed E-state index contributed by atoms with van der Waals surface area (Å²) in [6.07, 6.45) is -0.546. The Kier molecular flexibility index (Phi) is 6.41. The molecule has 5 heteroatoms. The number of amides is 1. The van der Waals surface area contributed by atoms with Gasteiger partial charge in [0.05, 0.1) is 13.7 Å². The van der Waals surface area contributed by atoms with E-state index in [2.05, 4.69) is 10.1 Å². The predicted molar refractivity (Wildman–Crippen MR) is 42.7 cm³/mol. The first-order chi connectivity index (χ1) is 5.66. The molecule has 1 amide bonds. The number of ether oxygens (including phenoxy) is 2. The molecule has 0 spiro atoms. The maximum Gasteiger partial charge on any atom is 0.406 e. The van der Waals surface area contributed by atoms with Crippen LogP contribution in [0.3, 0.4) is 0 Å². The quantitative estimate of drug-likeness (QED) is 0.461. The topological polar surface area (TPSA) is 67.8 Å². The van der Waals surface area contributed by atoms with E-state index in [1.165, 1.54) is 14.0 Å². The van der Waals surface area contributed by atoms with E-state index < -0.39 is 12.4 Å². The monoisotopic (exact) mass is 177 g/mol. The van der Waals surface area contributed by atoms with Gasteiger partial charge in [0.2, 0.25) is 0 Å². The van der Waals surface area contributed by atoms with Crippen LogP contribution in [0.2, 0.25) is 0 Å². The van der Waals surface area contributed by atoms with Crippen molar-refractivity contribution in [2.45, 2.75) is 19.6 Å². The number of carbonyl (C=O) groups is 1. The minimum Gasteiger partial charge on any atom is -0.453 e. The van der Waals surface area contributed by atoms with E-state index in [9.17, 15) is 4.79 Å². The van der Waals surface area contributed by atoms with Crippen LogP contribution in [0.15, 0.2) is 0 Å². The maximum atomic E-state index is 10.5. The molecule has 0 unspecified atom stereocenters. The molecule has 0 heterocycles. The Morgan fingerprint density at radius 2 is 2.33 bits per heavy atom. The normalized spacial score (nSPS) is 12.2. The number of rotatable bonds is 5. The molecule has 0 fully saturated rings. The average Bonchev–Trinajstić information content (AvgIpc) is 2.03. The molecule has 0 aliphatic rings. The Balaban J connectivity index is 3.05. The lowest BCUT2D eigenvalue weighted by Crippen LogP contribution is -2.25. The fraction of sp³-hybridized carbons (Fsp3) is 0.857. The van der Waals surface area contributed by atoms with Crippen molar-refractivity contribution < 1.29 is 19.4 Å². The largest absolute Gasteiger partial charge is 0.453 e. The number of nitrogens with one attached hydrogen (secondary N) is 1. The van der Waals surface area contributed by atoms with Crippen LogP contribution >= 0.6 is 0 Å². The van der Waals surface area contributed by atoms with Gasteiger partial charge in [-0.25, -0.2) is 4.79 Å². The van der Waals surface area contributed by atoms with Crippen LogP contribution in [0.1, 0.15) is 13.3 Å². The summed E-state index contributed by atoms with van der Waals surface area (Å²) in [7, 11) is 1.31. The molecule has 0 rings (SSSR count). The van der Waals surface area contributed by atoms with Gasteiger partial charge in [-0.3, -0.25) is 0 Å². The Bertz CT molecular complexity index is 127. The van der Waals surface area contributed by atoms with Crippen LogP contribution in [-0.4, -0.2) is 37.8 Å². The number of carbonyl (C=O) groups excluding carboxylic acids is 1. The van der Waals surface area contributed by atoms with Crippen LogP contribution in [0.25, 0.3) is 0 Å². The maximum absolute atomic E-state index is 10.5. The lowest BCUT2D eigenvalue weighted by atomic mass is 10.4. The Morgan fingerprint density at radius 1 is 1.67 bits per heavy atom. The summed E-state index contributed by atoms with van der Waals surface area (Å²) >= 11 is 0. The molecule has 5 nitrogen and oxygen atoms in total. The van der Waals surface area contributed by atoms with Crippen LogP contribution in [-0.2, 0) is 9.47 Å². The number of aliphatic hydroxyl groups is 1. The summed E-state index contributed by atoms with van der Waals surface area (Å²) in [6.45, 7) is 2.44. The van der Waals surface area contributed by atoms with E-state index in [1.54, 1.807) is 0 Å². The summed E-state index contributed by atoms with van der Waals surface area (Å²) in [5, 5.41) is 11.2. The number of hydrogen-bond donors (Lipinski definition) is 2. The fourth-order valence-corrected chi connectivity index (χ4v) is 0.589. The summed E-state index contributed by atoms with van der Waals surface area (Å²) in [5.74, 6) is 0. The van der Waals surface area contributed by atoms with Crippen LogP contribution < -0.4 is 5.32 Å². The molecule has 0 aromatic heterocycles. The first-order valence-electron chi connectivity index (χ1n) is 3.78. The van der Waals surface area contributed by atoms with Gasteiger partial charge in [0.25, 0.3) is 0 Å². The van der Waals surface area contributed by atoms with Crippen molar-refractivity contribution in [3.8, 4) is 0 Å². The predicted octanol–water partition coefficient (Wildman–Crippen LogP) is 0.0874. The molecular weight excluding hydrogens is 162 g/mol. The van der Waals surface area contributed by atoms with Gasteiger partial charge in [0.1, 0.15) is 0 Å². The van der Waals surface area contributed by atoms with Crippen LogP contribution in [0.4, 0.5) is 4.79 Å². The number of aliphatic hydroxyl groups excluding tert-OH is 1. The zero-order chi connectivity index (χ0) is 9.40. The molecule has 72 valence electrons. The van der Waals surface area contributed by atoms with Gasteiger partial charge in [-0.15, -0.1) is 0 Å². The summed E-state index contributed by atoms with van der Waals surface area (Å²) in [4.78, 5) is 10.5. The molecule has 0 aliphatic heterocycles. The minimum absolute atomic E-state index is 0.418. The van der Waals surface area contributed by atoms with Gasteiger partial charge in [-0.05, 0) is 13.3 Å². The highest BCUT2D eigenvalue weighted by molar-refractivity contribution is 5.66. The Labute approximate surface area is 71.7 Å². The standard InChI is InChI=1S/C7H15NO4/c1-6(9)12-5-3-4-8-7(10)11-2/h6,9H,3-5H2,1-2H3,(H,8,10)/t6-/m1/s1. The Hall–Kier alpha value is -0.810.